The van der Waals surface area contributed by atoms with Crippen LogP contribution in [0.4, 0.5) is 5.69 Å². The summed E-state index contributed by atoms with van der Waals surface area (Å²) in [5.41, 5.74) is 1.51. The van der Waals surface area contributed by atoms with Crippen LogP contribution in [0.25, 0.3) is 5.65 Å². The number of aromatic nitrogens is 3. The molecule has 0 unspecified atom stereocenters. The molecule has 0 spiro atoms. The first-order valence-electron chi connectivity index (χ1n) is 6.73. The van der Waals surface area contributed by atoms with Crippen molar-refractivity contribution in [2.75, 3.05) is 19.0 Å². The number of nitrogens with one attached hydrogen (secondary N) is 1. The van der Waals surface area contributed by atoms with Crippen molar-refractivity contribution in [3.05, 3.63) is 59.1 Å². The molecule has 21 heavy (non-hydrogen) atoms. The maximum Gasteiger partial charge on any atom is 0.350 e. The number of benzene rings is 1. The van der Waals surface area contributed by atoms with Gasteiger partial charge in [-0.25, -0.2) is 9.48 Å². The second-order valence-corrected chi connectivity index (χ2v) is 4.56. The van der Waals surface area contributed by atoms with Crippen LogP contribution in [0.1, 0.15) is 0 Å². The van der Waals surface area contributed by atoms with Crippen molar-refractivity contribution in [3.63, 3.8) is 0 Å². The van der Waals surface area contributed by atoms with E-state index in [-0.39, 0.29) is 5.69 Å². The lowest BCUT2D eigenvalue weighted by Crippen LogP contribution is -2.23. The molecular formula is C15H16N4O2. The van der Waals surface area contributed by atoms with Gasteiger partial charge in [-0.15, -0.1) is 5.10 Å². The third-order valence-electron chi connectivity index (χ3n) is 3.20. The zero-order valence-corrected chi connectivity index (χ0v) is 11.7. The van der Waals surface area contributed by atoms with E-state index in [9.17, 15) is 4.79 Å². The molecule has 0 atom stereocenters. The van der Waals surface area contributed by atoms with Crippen molar-refractivity contribution in [2.45, 2.75) is 6.54 Å². The van der Waals surface area contributed by atoms with Crippen LogP contribution in [0.5, 0.6) is 5.75 Å². The number of hydrogen-bond donors (Lipinski definition) is 1. The van der Waals surface area contributed by atoms with Gasteiger partial charge in [0.15, 0.2) is 5.65 Å². The van der Waals surface area contributed by atoms with Gasteiger partial charge in [0.25, 0.3) is 0 Å². The first kappa shape index (κ1) is 13.2. The van der Waals surface area contributed by atoms with Gasteiger partial charge >= 0.3 is 5.69 Å². The van der Waals surface area contributed by atoms with Crippen LogP contribution in [0.15, 0.2) is 53.5 Å². The highest BCUT2D eigenvalue weighted by Gasteiger charge is 2.05. The van der Waals surface area contributed by atoms with Crippen molar-refractivity contribution in [2.24, 2.45) is 0 Å². The number of anilines is 1. The monoisotopic (exact) mass is 284 g/mol. The summed E-state index contributed by atoms with van der Waals surface area (Å²) in [5, 5.41) is 7.29. The van der Waals surface area contributed by atoms with Gasteiger partial charge in [-0.2, -0.15) is 0 Å². The van der Waals surface area contributed by atoms with E-state index < -0.39 is 0 Å². The molecule has 1 aromatic carbocycles. The summed E-state index contributed by atoms with van der Waals surface area (Å²) in [6.07, 6.45) is 1.71. The Kier molecular flexibility index (Phi) is 3.59. The summed E-state index contributed by atoms with van der Waals surface area (Å²) in [6, 6.07) is 13.1. The van der Waals surface area contributed by atoms with E-state index in [0.717, 1.165) is 11.4 Å². The number of hydrogen-bond acceptors (Lipinski definition) is 4. The Labute approximate surface area is 121 Å². The average Bonchev–Trinajstić information content (AvgIpc) is 2.85. The minimum atomic E-state index is -0.153. The molecule has 2 heterocycles. The van der Waals surface area contributed by atoms with Gasteiger partial charge in [0.05, 0.1) is 6.54 Å². The highest BCUT2D eigenvalue weighted by atomic mass is 16.5. The van der Waals surface area contributed by atoms with E-state index in [1.807, 2.05) is 37.4 Å². The van der Waals surface area contributed by atoms with Crippen molar-refractivity contribution < 1.29 is 4.74 Å². The maximum absolute atomic E-state index is 12.1. The van der Waals surface area contributed by atoms with E-state index in [2.05, 4.69) is 10.4 Å². The third-order valence-corrected chi connectivity index (χ3v) is 3.20. The van der Waals surface area contributed by atoms with Crippen LogP contribution >= 0.6 is 0 Å². The Balaban J connectivity index is 1.66. The van der Waals surface area contributed by atoms with E-state index in [0.29, 0.717) is 18.8 Å². The van der Waals surface area contributed by atoms with Crippen LogP contribution < -0.4 is 15.7 Å². The summed E-state index contributed by atoms with van der Waals surface area (Å²) in [5.74, 6) is 0.769. The molecule has 0 amide bonds. The molecule has 0 radical (unpaired) electrons. The Morgan fingerprint density at radius 3 is 2.71 bits per heavy atom. The molecule has 0 aliphatic rings. The van der Waals surface area contributed by atoms with Gasteiger partial charge in [-0.05, 0) is 36.4 Å². The number of nitrogens with zero attached hydrogens (tertiary/aromatic N) is 3. The normalized spacial score (nSPS) is 10.7. The molecule has 108 valence electrons. The Bertz CT molecular complexity index is 789. The Hall–Kier alpha value is -2.76. The fourth-order valence-corrected chi connectivity index (χ4v) is 2.08. The molecule has 6 heteroatoms. The van der Waals surface area contributed by atoms with Crippen molar-refractivity contribution in [1.29, 1.82) is 0 Å². The molecule has 6 nitrogen and oxygen atoms in total. The zero-order valence-electron chi connectivity index (χ0n) is 11.7. The van der Waals surface area contributed by atoms with Gasteiger partial charge in [0.1, 0.15) is 12.4 Å². The maximum atomic E-state index is 12.1. The predicted octanol–water partition coefficient (Wildman–Crippen LogP) is 1.62. The van der Waals surface area contributed by atoms with Crippen LogP contribution in [0, 0.1) is 0 Å². The molecule has 3 rings (SSSR count). The topological polar surface area (TPSA) is 60.6 Å². The van der Waals surface area contributed by atoms with Crippen LogP contribution in [0.3, 0.4) is 0 Å². The molecule has 0 saturated heterocycles. The van der Waals surface area contributed by atoms with E-state index in [4.69, 9.17) is 4.74 Å². The highest BCUT2D eigenvalue weighted by Crippen LogP contribution is 2.14. The first-order chi connectivity index (χ1) is 10.3. The lowest BCUT2D eigenvalue weighted by molar-refractivity contribution is 0.289. The lowest BCUT2D eigenvalue weighted by atomic mass is 10.3. The Morgan fingerprint density at radius 1 is 1.19 bits per heavy atom. The predicted molar refractivity (Wildman–Crippen MR) is 80.9 cm³/mol. The molecule has 2 aromatic heterocycles. The van der Waals surface area contributed by atoms with E-state index in [1.54, 1.807) is 18.3 Å². The van der Waals surface area contributed by atoms with Gasteiger partial charge in [0.2, 0.25) is 0 Å². The first-order valence-corrected chi connectivity index (χ1v) is 6.73. The van der Waals surface area contributed by atoms with Gasteiger partial charge in [-0.1, -0.05) is 6.07 Å². The highest BCUT2D eigenvalue weighted by molar-refractivity contribution is 5.45. The van der Waals surface area contributed by atoms with Gasteiger partial charge in [-0.3, -0.25) is 4.40 Å². The van der Waals surface area contributed by atoms with Crippen LogP contribution in [0.2, 0.25) is 0 Å². The van der Waals surface area contributed by atoms with Crippen molar-refractivity contribution >= 4 is 11.3 Å². The molecule has 3 aromatic rings. The molecule has 0 aliphatic heterocycles. The standard InChI is InChI=1S/C15H16N4O2/c1-16-12-5-7-13(8-6-12)21-11-10-19-15(20)18-9-3-2-4-14(18)17-19/h2-9,16H,10-11H2,1H3. The van der Waals surface area contributed by atoms with Gasteiger partial charge in [0, 0.05) is 18.9 Å². The lowest BCUT2D eigenvalue weighted by Gasteiger charge is -2.06. The minimum Gasteiger partial charge on any atom is -0.492 e. The van der Waals surface area contributed by atoms with Crippen molar-refractivity contribution in [1.82, 2.24) is 14.2 Å². The van der Waals surface area contributed by atoms with E-state index in [1.165, 1.54) is 9.08 Å². The quantitative estimate of drug-likeness (QED) is 0.773. The number of fused-ring (bicyclic) bond motifs is 1. The SMILES string of the molecule is CNc1ccc(OCCn2nc3ccccn3c2=O)cc1. The average molecular weight is 284 g/mol. The molecular weight excluding hydrogens is 268 g/mol. The molecule has 0 fully saturated rings. The molecule has 0 bridgehead atoms. The summed E-state index contributed by atoms with van der Waals surface area (Å²) in [6.45, 7) is 0.803. The smallest absolute Gasteiger partial charge is 0.350 e. The van der Waals surface area contributed by atoms with Crippen LogP contribution in [-0.4, -0.2) is 27.8 Å². The van der Waals surface area contributed by atoms with Crippen LogP contribution in [-0.2, 0) is 6.54 Å². The summed E-state index contributed by atoms with van der Waals surface area (Å²) in [7, 11) is 1.87. The zero-order chi connectivity index (χ0) is 14.7. The molecule has 1 N–H and O–H groups in total. The fourth-order valence-electron chi connectivity index (χ4n) is 2.08. The third kappa shape index (κ3) is 2.74. The summed E-state index contributed by atoms with van der Waals surface area (Å²) in [4.78, 5) is 12.1. The van der Waals surface area contributed by atoms with Gasteiger partial charge < -0.3 is 10.1 Å². The largest absolute Gasteiger partial charge is 0.492 e. The molecule has 0 aliphatic carbocycles. The second-order valence-electron chi connectivity index (χ2n) is 4.56. The summed E-state index contributed by atoms with van der Waals surface area (Å²) >= 11 is 0. The molecule has 0 saturated carbocycles. The second kappa shape index (κ2) is 5.70. The number of pyridine rings is 1. The van der Waals surface area contributed by atoms with E-state index >= 15 is 0 Å². The minimum absolute atomic E-state index is 0.153. The fraction of sp³-hybridized carbons (Fsp3) is 0.200. The number of rotatable bonds is 5. The summed E-state index contributed by atoms with van der Waals surface area (Å²) < 4.78 is 8.55. The number of ether oxygens (including phenoxy) is 1. The van der Waals surface area contributed by atoms with Crippen molar-refractivity contribution in [3.8, 4) is 5.75 Å². The Morgan fingerprint density at radius 2 is 2.00 bits per heavy atom.